The standard InChI is InChI=1S/C13H21NOS/c1-3-15-13(7-4-5-8-13)12(14)11-10(2)6-9-16-11/h6,9,12H,3-5,7-8,14H2,1-2H3. The number of hydrogen-bond donors (Lipinski definition) is 1. The van der Waals surface area contributed by atoms with Crippen LogP contribution in [0.25, 0.3) is 0 Å². The molecule has 0 saturated heterocycles. The lowest BCUT2D eigenvalue weighted by Gasteiger charge is -2.35. The Kier molecular flexibility index (Phi) is 3.67. The number of nitrogens with two attached hydrogens (primary N) is 1. The minimum Gasteiger partial charge on any atom is -0.373 e. The monoisotopic (exact) mass is 239 g/mol. The maximum absolute atomic E-state index is 6.45. The first-order valence-electron chi connectivity index (χ1n) is 6.13. The molecular weight excluding hydrogens is 218 g/mol. The molecule has 1 aromatic heterocycles. The normalized spacial score (nSPS) is 21.2. The number of hydrogen-bond acceptors (Lipinski definition) is 3. The Labute approximate surface area is 102 Å². The average molecular weight is 239 g/mol. The number of thiophene rings is 1. The average Bonchev–Trinajstić information content (AvgIpc) is 2.87. The topological polar surface area (TPSA) is 35.2 Å². The van der Waals surface area contributed by atoms with Crippen molar-refractivity contribution in [1.82, 2.24) is 0 Å². The summed E-state index contributed by atoms with van der Waals surface area (Å²) in [4.78, 5) is 1.30. The summed E-state index contributed by atoms with van der Waals surface area (Å²) in [6.45, 7) is 4.96. The third kappa shape index (κ3) is 2.04. The van der Waals surface area contributed by atoms with E-state index >= 15 is 0 Å². The van der Waals surface area contributed by atoms with E-state index in [4.69, 9.17) is 10.5 Å². The minimum atomic E-state index is -0.0929. The summed E-state index contributed by atoms with van der Waals surface area (Å²) in [7, 11) is 0. The van der Waals surface area contributed by atoms with Crippen molar-refractivity contribution in [3.63, 3.8) is 0 Å². The van der Waals surface area contributed by atoms with Gasteiger partial charge in [0.05, 0.1) is 11.6 Å². The molecule has 2 rings (SSSR count). The molecule has 0 radical (unpaired) electrons. The second-order valence-corrected chi connectivity index (χ2v) is 5.60. The zero-order valence-corrected chi connectivity index (χ0v) is 11.0. The van der Waals surface area contributed by atoms with Gasteiger partial charge in [-0.05, 0) is 43.7 Å². The lowest BCUT2D eigenvalue weighted by Crippen LogP contribution is -2.41. The highest BCUT2D eigenvalue weighted by molar-refractivity contribution is 7.10. The van der Waals surface area contributed by atoms with Gasteiger partial charge < -0.3 is 10.5 Å². The van der Waals surface area contributed by atoms with Crippen LogP contribution in [0.15, 0.2) is 11.4 Å². The number of ether oxygens (including phenoxy) is 1. The SMILES string of the molecule is CCOC1(C(N)c2sccc2C)CCCC1. The molecule has 0 aliphatic heterocycles. The molecular formula is C13H21NOS. The van der Waals surface area contributed by atoms with E-state index < -0.39 is 0 Å². The van der Waals surface area contributed by atoms with Crippen molar-refractivity contribution in [2.45, 2.75) is 51.2 Å². The van der Waals surface area contributed by atoms with Crippen molar-refractivity contribution >= 4 is 11.3 Å². The summed E-state index contributed by atoms with van der Waals surface area (Å²) in [6, 6.07) is 2.20. The molecule has 90 valence electrons. The number of aryl methyl sites for hydroxylation is 1. The first-order valence-corrected chi connectivity index (χ1v) is 7.01. The largest absolute Gasteiger partial charge is 0.373 e. The quantitative estimate of drug-likeness (QED) is 0.874. The van der Waals surface area contributed by atoms with Crippen molar-refractivity contribution in [3.05, 3.63) is 21.9 Å². The third-order valence-electron chi connectivity index (χ3n) is 3.63. The zero-order valence-electron chi connectivity index (χ0n) is 10.2. The van der Waals surface area contributed by atoms with Gasteiger partial charge >= 0.3 is 0 Å². The van der Waals surface area contributed by atoms with E-state index in [1.165, 1.54) is 23.3 Å². The molecule has 16 heavy (non-hydrogen) atoms. The van der Waals surface area contributed by atoms with Gasteiger partial charge in [0.15, 0.2) is 0 Å². The smallest absolute Gasteiger partial charge is 0.0882 e. The summed E-state index contributed by atoms with van der Waals surface area (Å²) in [5.74, 6) is 0. The Morgan fingerprint density at radius 3 is 2.69 bits per heavy atom. The Morgan fingerprint density at radius 1 is 1.50 bits per heavy atom. The summed E-state index contributed by atoms with van der Waals surface area (Å²) in [6.07, 6.45) is 4.72. The van der Waals surface area contributed by atoms with E-state index in [0.717, 1.165) is 19.4 Å². The molecule has 3 heteroatoms. The molecule has 1 aromatic rings. The Hall–Kier alpha value is -0.380. The molecule has 1 heterocycles. The van der Waals surface area contributed by atoms with E-state index in [1.54, 1.807) is 11.3 Å². The van der Waals surface area contributed by atoms with Crippen LogP contribution in [-0.2, 0) is 4.74 Å². The van der Waals surface area contributed by atoms with E-state index in [2.05, 4.69) is 25.3 Å². The van der Waals surface area contributed by atoms with Gasteiger partial charge in [0.25, 0.3) is 0 Å². The molecule has 2 nitrogen and oxygen atoms in total. The lowest BCUT2D eigenvalue weighted by atomic mass is 9.90. The van der Waals surface area contributed by atoms with Crippen LogP contribution in [0.3, 0.4) is 0 Å². The van der Waals surface area contributed by atoms with Crippen LogP contribution in [0.1, 0.15) is 49.1 Å². The van der Waals surface area contributed by atoms with Gasteiger partial charge in [-0.2, -0.15) is 0 Å². The molecule has 1 aliphatic rings. The van der Waals surface area contributed by atoms with Gasteiger partial charge in [0.1, 0.15) is 0 Å². The zero-order chi connectivity index (χ0) is 11.6. The van der Waals surface area contributed by atoms with Crippen LogP contribution >= 0.6 is 11.3 Å². The maximum Gasteiger partial charge on any atom is 0.0882 e. The van der Waals surface area contributed by atoms with Crippen LogP contribution in [-0.4, -0.2) is 12.2 Å². The highest BCUT2D eigenvalue weighted by Crippen LogP contribution is 2.43. The molecule has 0 spiro atoms. The van der Waals surface area contributed by atoms with E-state index in [9.17, 15) is 0 Å². The van der Waals surface area contributed by atoms with Crippen LogP contribution in [0, 0.1) is 6.92 Å². The second kappa shape index (κ2) is 4.86. The van der Waals surface area contributed by atoms with E-state index in [1.807, 2.05) is 0 Å². The molecule has 0 amide bonds. The van der Waals surface area contributed by atoms with Gasteiger partial charge in [-0.3, -0.25) is 0 Å². The van der Waals surface area contributed by atoms with Crippen molar-refractivity contribution in [3.8, 4) is 0 Å². The van der Waals surface area contributed by atoms with Crippen LogP contribution in [0.5, 0.6) is 0 Å². The fourth-order valence-corrected chi connectivity index (χ4v) is 3.78. The molecule has 1 saturated carbocycles. The van der Waals surface area contributed by atoms with Gasteiger partial charge in [-0.25, -0.2) is 0 Å². The van der Waals surface area contributed by atoms with Crippen LogP contribution in [0.4, 0.5) is 0 Å². The van der Waals surface area contributed by atoms with Gasteiger partial charge in [-0.15, -0.1) is 11.3 Å². The summed E-state index contributed by atoms with van der Waals surface area (Å²) in [5.41, 5.74) is 7.67. The minimum absolute atomic E-state index is 0.0509. The van der Waals surface area contributed by atoms with Crippen LogP contribution in [0.2, 0.25) is 0 Å². The molecule has 1 aliphatic carbocycles. The Morgan fingerprint density at radius 2 is 2.19 bits per heavy atom. The predicted molar refractivity (Wildman–Crippen MR) is 68.8 cm³/mol. The maximum atomic E-state index is 6.45. The van der Waals surface area contributed by atoms with E-state index in [-0.39, 0.29) is 11.6 Å². The highest BCUT2D eigenvalue weighted by Gasteiger charge is 2.41. The molecule has 0 bridgehead atoms. The van der Waals surface area contributed by atoms with Crippen molar-refractivity contribution in [1.29, 1.82) is 0 Å². The lowest BCUT2D eigenvalue weighted by molar-refractivity contribution is -0.0530. The van der Waals surface area contributed by atoms with Gasteiger partial charge in [-0.1, -0.05) is 12.8 Å². The molecule has 0 aromatic carbocycles. The highest BCUT2D eigenvalue weighted by atomic mass is 32.1. The summed E-state index contributed by atoms with van der Waals surface area (Å²) in [5, 5.41) is 2.12. The fourth-order valence-electron chi connectivity index (χ4n) is 2.75. The van der Waals surface area contributed by atoms with Crippen LogP contribution < -0.4 is 5.73 Å². The van der Waals surface area contributed by atoms with Gasteiger partial charge in [0, 0.05) is 11.5 Å². The first kappa shape index (κ1) is 12.1. The number of rotatable bonds is 4. The molecule has 1 atom stereocenters. The Balaban J connectivity index is 2.23. The molecule has 1 unspecified atom stereocenters. The van der Waals surface area contributed by atoms with Gasteiger partial charge in [0.2, 0.25) is 0 Å². The van der Waals surface area contributed by atoms with E-state index in [0.29, 0.717) is 0 Å². The van der Waals surface area contributed by atoms with Crippen molar-refractivity contribution in [2.75, 3.05) is 6.61 Å². The first-order chi connectivity index (χ1) is 7.69. The predicted octanol–water partition coefficient (Wildman–Crippen LogP) is 3.41. The molecule has 1 fully saturated rings. The molecule has 2 N–H and O–H groups in total. The van der Waals surface area contributed by atoms with Crippen molar-refractivity contribution in [2.24, 2.45) is 5.73 Å². The third-order valence-corrected chi connectivity index (χ3v) is 4.73. The second-order valence-electron chi connectivity index (χ2n) is 4.65. The summed E-state index contributed by atoms with van der Waals surface area (Å²) < 4.78 is 6.01. The fraction of sp³-hybridized carbons (Fsp3) is 0.692. The summed E-state index contributed by atoms with van der Waals surface area (Å²) >= 11 is 1.76. The Bertz CT molecular complexity index is 341. The van der Waals surface area contributed by atoms with Crippen molar-refractivity contribution < 1.29 is 4.74 Å².